The first kappa shape index (κ1) is 14.3. The van der Waals surface area contributed by atoms with E-state index in [-0.39, 0.29) is 11.8 Å². The number of carbonyl (C=O) groups excluding carboxylic acids is 2. The first-order chi connectivity index (χ1) is 9.56. The Morgan fingerprint density at radius 1 is 1.40 bits per heavy atom. The largest absolute Gasteiger partial charge is 0.481 e. The van der Waals surface area contributed by atoms with Crippen LogP contribution in [0, 0.1) is 0 Å². The predicted molar refractivity (Wildman–Crippen MR) is 73.0 cm³/mol. The number of pyridine rings is 1. The predicted octanol–water partition coefficient (Wildman–Crippen LogP) is 0.716. The highest BCUT2D eigenvalue weighted by Gasteiger charge is 2.37. The number of amides is 2. The zero-order valence-corrected chi connectivity index (χ0v) is 11.9. The maximum Gasteiger partial charge on any atom is 0.245 e. The van der Waals surface area contributed by atoms with E-state index >= 15 is 0 Å². The maximum absolute atomic E-state index is 12.2. The first-order valence-electron chi connectivity index (χ1n) is 6.66. The van der Waals surface area contributed by atoms with Gasteiger partial charge < -0.3 is 15.0 Å². The molecule has 0 aromatic carbocycles. The van der Waals surface area contributed by atoms with Crippen LogP contribution in [0.25, 0.3) is 0 Å². The third-order valence-corrected chi connectivity index (χ3v) is 3.44. The number of methoxy groups -OCH3 is 1. The molecular weight excluding hydrogens is 258 g/mol. The number of hydrogen-bond acceptors (Lipinski definition) is 4. The van der Waals surface area contributed by atoms with Crippen LogP contribution >= 0.6 is 0 Å². The van der Waals surface area contributed by atoms with E-state index in [2.05, 4.69) is 10.3 Å². The number of hydrogen-bond donors (Lipinski definition) is 1. The number of ether oxygens (including phenoxy) is 1. The van der Waals surface area contributed by atoms with Crippen LogP contribution in [0.15, 0.2) is 18.3 Å². The molecule has 0 aliphatic carbocycles. The molecule has 1 fully saturated rings. The lowest BCUT2D eigenvalue weighted by molar-refractivity contribution is -0.149. The Morgan fingerprint density at radius 3 is 2.70 bits per heavy atom. The van der Waals surface area contributed by atoms with Gasteiger partial charge in [-0.2, -0.15) is 0 Å². The fourth-order valence-corrected chi connectivity index (χ4v) is 2.33. The second kappa shape index (κ2) is 5.90. The Balaban J connectivity index is 2.18. The Kier molecular flexibility index (Phi) is 4.22. The van der Waals surface area contributed by atoms with E-state index < -0.39 is 12.1 Å². The van der Waals surface area contributed by atoms with Crippen molar-refractivity contribution in [1.29, 1.82) is 0 Å². The van der Waals surface area contributed by atoms with Gasteiger partial charge >= 0.3 is 0 Å². The van der Waals surface area contributed by atoms with Gasteiger partial charge in [0.1, 0.15) is 12.1 Å². The first-order valence-corrected chi connectivity index (χ1v) is 6.66. The molecule has 1 aromatic heterocycles. The molecule has 0 spiro atoms. The normalized spacial score (nSPS) is 22.6. The van der Waals surface area contributed by atoms with Crippen LogP contribution in [0.2, 0.25) is 0 Å². The fourth-order valence-electron chi connectivity index (χ4n) is 2.33. The molecule has 6 heteroatoms. The quantitative estimate of drug-likeness (QED) is 0.880. The maximum atomic E-state index is 12.2. The number of nitrogens with one attached hydrogen (secondary N) is 1. The van der Waals surface area contributed by atoms with Crippen LogP contribution in [0.1, 0.15) is 25.8 Å². The van der Waals surface area contributed by atoms with Crippen molar-refractivity contribution in [2.24, 2.45) is 0 Å². The van der Waals surface area contributed by atoms with Gasteiger partial charge in [-0.15, -0.1) is 0 Å². The van der Waals surface area contributed by atoms with E-state index in [9.17, 15) is 9.59 Å². The minimum Gasteiger partial charge on any atom is -0.481 e. The molecule has 1 N–H and O–H groups in total. The second-order valence-electron chi connectivity index (χ2n) is 4.83. The monoisotopic (exact) mass is 277 g/mol. The van der Waals surface area contributed by atoms with Gasteiger partial charge in [-0.25, -0.2) is 4.98 Å². The van der Waals surface area contributed by atoms with E-state index in [0.29, 0.717) is 18.8 Å². The lowest BCUT2D eigenvalue weighted by atomic mass is 10.0. The molecule has 108 valence electrons. The summed E-state index contributed by atoms with van der Waals surface area (Å²) in [5.74, 6) is 0.366. The van der Waals surface area contributed by atoms with E-state index in [0.717, 1.165) is 5.56 Å². The molecular formula is C14H19N3O3. The third-order valence-electron chi connectivity index (χ3n) is 3.44. The molecule has 2 heterocycles. The smallest absolute Gasteiger partial charge is 0.245 e. The van der Waals surface area contributed by atoms with Crippen LogP contribution in [0.5, 0.6) is 5.88 Å². The lowest BCUT2D eigenvalue weighted by Gasteiger charge is -2.37. The minimum atomic E-state index is -0.475. The number of piperazine rings is 1. The highest BCUT2D eigenvalue weighted by Crippen LogP contribution is 2.17. The molecule has 0 radical (unpaired) electrons. The number of rotatable bonds is 4. The van der Waals surface area contributed by atoms with Gasteiger partial charge in [-0.3, -0.25) is 9.59 Å². The summed E-state index contributed by atoms with van der Waals surface area (Å²) in [7, 11) is 1.55. The Labute approximate surface area is 118 Å². The summed E-state index contributed by atoms with van der Waals surface area (Å²) >= 11 is 0. The summed E-state index contributed by atoms with van der Waals surface area (Å²) in [5.41, 5.74) is 0.875. The van der Waals surface area contributed by atoms with Crippen molar-refractivity contribution < 1.29 is 14.3 Å². The second-order valence-corrected chi connectivity index (χ2v) is 4.83. The van der Waals surface area contributed by atoms with Gasteiger partial charge in [-0.05, 0) is 18.9 Å². The summed E-state index contributed by atoms with van der Waals surface area (Å²) in [6.07, 6.45) is 2.25. The van der Waals surface area contributed by atoms with Crippen LogP contribution in [-0.2, 0) is 16.1 Å². The fraction of sp³-hybridized carbons (Fsp3) is 0.500. The Hall–Kier alpha value is -2.11. The molecule has 2 atom stereocenters. The highest BCUT2D eigenvalue weighted by molar-refractivity contribution is 5.96. The highest BCUT2D eigenvalue weighted by atomic mass is 16.5. The molecule has 1 aliphatic heterocycles. The van der Waals surface area contributed by atoms with Crippen molar-refractivity contribution in [2.75, 3.05) is 7.11 Å². The lowest BCUT2D eigenvalue weighted by Crippen LogP contribution is -2.61. The summed E-state index contributed by atoms with van der Waals surface area (Å²) in [6, 6.07) is 2.70. The molecule has 6 nitrogen and oxygen atoms in total. The number of carbonyl (C=O) groups is 2. The molecule has 20 heavy (non-hydrogen) atoms. The van der Waals surface area contributed by atoms with Gasteiger partial charge in [0.05, 0.1) is 7.11 Å². The molecule has 0 saturated carbocycles. The summed E-state index contributed by atoms with van der Waals surface area (Å²) < 4.78 is 5.00. The van der Waals surface area contributed by atoms with Crippen molar-refractivity contribution in [2.45, 2.75) is 38.9 Å². The van der Waals surface area contributed by atoms with Gasteiger partial charge in [0.25, 0.3) is 0 Å². The molecule has 2 rings (SSSR count). The Morgan fingerprint density at radius 2 is 2.15 bits per heavy atom. The number of nitrogens with zero attached hydrogens (tertiary/aromatic N) is 2. The standard InChI is InChI=1S/C14H19N3O3/c1-4-11-13(18)16-9(2)14(19)17(11)8-10-5-6-12(20-3)15-7-10/h5-7,9,11H,4,8H2,1-3H3,(H,16,18). The zero-order valence-electron chi connectivity index (χ0n) is 11.9. The summed E-state index contributed by atoms with van der Waals surface area (Å²) in [4.78, 5) is 29.9. The van der Waals surface area contributed by atoms with E-state index in [4.69, 9.17) is 4.74 Å². The van der Waals surface area contributed by atoms with E-state index in [1.54, 1.807) is 31.2 Å². The average Bonchev–Trinajstić information content (AvgIpc) is 2.45. The van der Waals surface area contributed by atoms with Crippen LogP contribution in [0.4, 0.5) is 0 Å². The van der Waals surface area contributed by atoms with Crippen molar-refractivity contribution in [1.82, 2.24) is 15.2 Å². The summed E-state index contributed by atoms with van der Waals surface area (Å²) in [6.45, 7) is 3.98. The molecule has 0 bridgehead atoms. The van der Waals surface area contributed by atoms with Gasteiger partial charge in [-0.1, -0.05) is 13.0 Å². The molecule has 2 unspecified atom stereocenters. The van der Waals surface area contributed by atoms with Gasteiger partial charge in [0.15, 0.2) is 0 Å². The van der Waals surface area contributed by atoms with Crippen LogP contribution < -0.4 is 10.1 Å². The van der Waals surface area contributed by atoms with Crippen molar-refractivity contribution >= 4 is 11.8 Å². The van der Waals surface area contributed by atoms with Crippen LogP contribution in [-0.4, -0.2) is 40.9 Å². The molecule has 1 aromatic rings. The zero-order chi connectivity index (χ0) is 14.7. The topological polar surface area (TPSA) is 71.5 Å². The van der Waals surface area contributed by atoms with E-state index in [1.807, 2.05) is 13.0 Å². The minimum absolute atomic E-state index is 0.0627. The van der Waals surface area contributed by atoms with Gasteiger partial charge in [0, 0.05) is 18.8 Å². The molecule has 2 amide bonds. The SMILES string of the molecule is CCC1C(=O)NC(C)C(=O)N1Cc1ccc(OC)nc1. The Bertz CT molecular complexity index is 501. The van der Waals surface area contributed by atoms with Crippen molar-refractivity contribution in [3.8, 4) is 5.88 Å². The van der Waals surface area contributed by atoms with Crippen LogP contribution in [0.3, 0.4) is 0 Å². The molecule has 1 saturated heterocycles. The van der Waals surface area contributed by atoms with Gasteiger partial charge in [0.2, 0.25) is 17.7 Å². The van der Waals surface area contributed by atoms with Crippen molar-refractivity contribution in [3.63, 3.8) is 0 Å². The van der Waals surface area contributed by atoms with E-state index in [1.165, 1.54) is 0 Å². The number of aromatic nitrogens is 1. The third kappa shape index (κ3) is 2.74. The average molecular weight is 277 g/mol. The van der Waals surface area contributed by atoms with Crippen molar-refractivity contribution in [3.05, 3.63) is 23.9 Å². The molecule has 1 aliphatic rings. The summed E-state index contributed by atoms with van der Waals surface area (Å²) in [5, 5.41) is 2.70.